The van der Waals surface area contributed by atoms with Crippen LogP contribution < -0.4 is 5.73 Å². The van der Waals surface area contributed by atoms with Crippen molar-refractivity contribution < 1.29 is 0 Å². The number of likely N-dealkylation sites (N-methyl/N-ethyl adjacent to an activating group) is 1. The van der Waals surface area contributed by atoms with Gasteiger partial charge in [0, 0.05) is 31.7 Å². The molecule has 104 valence electrons. The zero-order valence-electron chi connectivity index (χ0n) is 11.9. The predicted octanol–water partition coefficient (Wildman–Crippen LogP) is 1.12. The molecule has 0 aliphatic carbocycles. The standard InChI is InChI=1S/C16H25N3/c1-18-11-8-16(12-17,13-18)19-9-6-14-4-2-3-5-15(14)7-10-19/h2-5H,6-13,17H2,1H3. The number of likely N-dealkylation sites (tertiary alicyclic amines) is 1. The summed E-state index contributed by atoms with van der Waals surface area (Å²) in [6.07, 6.45) is 3.56. The van der Waals surface area contributed by atoms with Crippen molar-refractivity contribution in [3.05, 3.63) is 35.4 Å². The van der Waals surface area contributed by atoms with Crippen molar-refractivity contribution in [1.29, 1.82) is 0 Å². The van der Waals surface area contributed by atoms with Gasteiger partial charge < -0.3 is 10.6 Å². The first-order chi connectivity index (χ1) is 9.23. The third-order valence-electron chi connectivity index (χ3n) is 4.99. The third-order valence-corrected chi connectivity index (χ3v) is 4.99. The predicted molar refractivity (Wildman–Crippen MR) is 79.3 cm³/mol. The highest BCUT2D eigenvalue weighted by molar-refractivity contribution is 5.29. The van der Waals surface area contributed by atoms with Crippen LogP contribution in [0.1, 0.15) is 17.5 Å². The quantitative estimate of drug-likeness (QED) is 0.864. The summed E-state index contributed by atoms with van der Waals surface area (Å²) in [6.45, 7) is 5.40. The lowest BCUT2D eigenvalue weighted by Gasteiger charge is -2.40. The molecule has 0 aromatic heterocycles. The molecule has 1 aromatic rings. The van der Waals surface area contributed by atoms with E-state index in [1.807, 2.05) is 0 Å². The fourth-order valence-electron chi connectivity index (χ4n) is 3.76. The van der Waals surface area contributed by atoms with Gasteiger partial charge in [0.05, 0.1) is 0 Å². The van der Waals surface area contributed by atoms with Gasteiger partial charge in [0.15, 0.2) is 0 Å². The van der Waals surface area contributed by atoms with Gasteiger partial charge in [0.1, 0.15) is 0 Å². The van der Waals surface area contributed by atoms with Crippen LogP contribution in [-0.2, 0) is 12.8 Å². The molecule has 0 bridgehead atoms. The lowest BCUT2D eigenvalue weighted by atomic mass is 9.95. The average Bonchev–Trinajstić information content (AvgIpc) is 2.70. The summed E-state index contributed by atoms with van der Waals surface area (Å²) < 4.78 is 0. The number of fused-ring (bicyclic) bond motifs is 1. The van der Waals surface area contributed by atoms with Gasteiger partial charge in [-0.15, -0.1) is 0 Å². The van der Waals surface area contributed by atoms with Gasteiger partial charge in [0.2, 0.25) is 0 Å². The van der Waals surface area contributed by atoms with Crippen molar-refractivity contribution in [3.8, 4) is 0 Å². The second-order valence-electron chi connectivity index (χ2n) is 6.17. The molecular weight excluding hydrogens is 234 g/mol. The van der Waals surface area contributed by atoms with Crippen molar-refractivity contribution in [3.63, 3.8) is 0 Å². The van der Waals surface area contributed by atoms with Gasteiger partial charge in [0.25, 0.3) is 0 Å². The molecule has 2 aliphatic rings. The topological polar surface area (TPSA) is 32.5 Å². The molecule has 0 amide bonds. The highest BCUT2D eigenvalue weighted by Gasteiger charge is 2.40. The Kier molecular flexibility index (Phi) is 3.61. The summed E-state index contributed by atoms with van der Waals surface area (Å²) in [4.78, 5) is 5.08. The molecular formula is C16H25N3. The first-order valence-corrected chi connectivity index (χ1v) is 7.44. The second-order valence-corrected chi connectivity index (χ2v) is 6.17. The maximum atomic E-state index is 6.15. The van der Waals surface area contributed by atoms with Crippen molar-refractivity contribution in [2.24, 2.45) is 5.73 Å². The van der Waals surface area contributed by atoms with E-state index >= 15 is 0 Å². The van der Waals surface area contributed by atoms with Crippen molar-refractivity contribution >= 4 is 0 Å². The van der Waals surface area contributed by atoms with E-state index in [0.29, 0.717) is 0 Å². The molecule has 19 heavy (non-hydrogen) atoms. The van der Waals surface area contributed by atoms with Crippen LogP contribution in [0.25, 0.3) is 0 Å². The molecule has 3 nitrogen and oxygen atoms in total. The van der Waals surface area contributed by atoms with E-state index in [9.17, 15) is 0 Å². The Morgan fingerprint density at radius 3 is 2.21 bits per heavy atom. The van der Waals surface area contributed by atoms with Gasteiger partial charge in [-0.2, -0.15) is 0 Å². The fourth-order valence-corrected chi connectivity index (χ4v) is 3.76. The van der Waals surface area contributed by atoms with E-state index in [1.54, 1.807) is 0 Å². The Bertz CT molecular complexity index is 418. The summed E-state index contributed by atoms with van der Waals surface area (Å²) in [5.41, 5.74) is 9.43. The maximum Gasteiger partial charge on any atom is 0.0470 e. The molecule has 2 N–H and O–H groups in total. The molecule has 1 unspecified atom stereocenters. The number of hydrogen-bond donors (Lipinski definition) is 1. The van der Waals surface area contributed by atoms with Gasteiger partial charge in [-0.1, -0.05) is 24.3 Å². The minimum atomic E-state index is 0.219. The maximum absolute atomic E-state index is 6.15. The van der Waals surface area contributed by atoms with Gasteiger partial charge in [-0.25, -0.2) is 0 Å². The lowest BCUT2D eigenvalue weighted by Crippen LogP contribution is -2.56. The van der Waals surface area contributed by atoms with Gasteiger partial charge in [-0.05, 0) is 44.0 Å². The van der Waals surface area contributed by atoms with Crippen LogP contribution >= 0.6 is 0 Å². The Labute approximate surface area is 116 Å². The highest BCUT2D eigenvalue weighted by Crippen LogP contribution is 2.29. The third kappa shape index (κ3) is 2.42. The van der Waals surface area contributed by atoms with Crippen LogP contribution in [0.3, 0.4) is 0 Å². The van der Waals surface area contributed by atoms with E-state index in [2.05, 4.69) is 41.1 Å². The summed E-state index contributed by atoms with van der Waals surface area (Å²) in [6, 6.07) is 8.90. The zero-order valence-corrected chi connectivity index (χ0v) is 11.9. The largest absolute Gasteiger partial charge is 0.329 e. The summed E-state index contributed by atoms with van der Waals surface area (Å²) in [5, 5.41) is 0. The van der Waals surface area contributed by atoms with Crippen LogP contribution in [0.5, 0.6) is 0 Å². The lowest BCUT2D eigenvalue weighted by molar-refractivity contribution is 0.107. The van der Waals surface area contributed by atoms with E-state index in [4.69, 9.17) is 5.73 Å². The summed E-state index contributed by atoms with van der Waals surface area (Å²) in [7, 11) is 2.21. The van der Waals surface area contributed by atoms with Crippen LogP contribution in [0.2, 0.25) is 0 Å². The van der Waals surface area contributed by atoms with Gasteiger partial charge in [-0.3, -0.25) is 4.90 Å². The highest BCUT2D eigenvalue weighted by atomic mass is 15.3. The molecule has 1 aromatic carbocycles. The number of nitrogens with two attached hydrogens (primary N) is 1. The number of benzene rings is 1. The fraction of sp³-hybridized carbons (Fsp3) is 0.625. The Morgan fingerprint density at radius 2 is 1.74 bits per heavy atom. The van der Waals surface area contributed by atoms with E-state index < -0.39 is 0 Å². The van der Waals surface area contributed by atoms with Crippen molar-refractivity contribution in [2.75, 3.05) is 39.8 Å². The monoisotopic (exact) mass is 259 g/mol. The van der Waals surface area contributed by atoms with E-state index in [0.717, 1.165) is 26.2 Å². The Hall–Kier alpha value is -0.900. The van der Waals surface area contributed by atoms with Crippen LogP contribution in [0, 0.1) is 0 Å². The van der Waals surface area contributed by atoms with Crippen molar-refractivity contribution in [2.45, 2.75) is 24.8 Å². The minimum absolute atomic E-state index is 0.219. The van der Waals surface area contributed by atoms with Crippen molar-refractivity contribution in [1.82, 2.24) is 9.80 Å². The zero-order chi connectivity index (χ0) is 13.3. The first-order valence-electron chi connectivity index (χ1n) is 7.44. The Morgan fingerprint density at radius 1 is 1.11 bits per heavy atom. The Balaban J connectivity index is 1.78. The molecule has 2 aliphatic heterocycles. The molecule has 1 atom stereocenters. The smallest absolute Gasteiger partial charge is 0.0470 e. The molecule has 2 heterocycles. The van der Waals surface area contributed by atoms with Crippen LogP contribution in [0.15, 0.2) is 24.3 Å². The first kappa shape index (κ1) is 13.1. The summed E-state index contributed by atoms with van der Waals surface area (Å²) in [5.74, 6) is 0. The number of nitrogens with zero attached hydrogens (tertiary/aromatic N) is 2. The molecule has 0 radical (unpaired) electrons. The average molecular weight is 259 g/mol. The molecule has 1 saturated heterocycles. The normalized spacial score (nSPS) is 29.2. The number of hydrogen-bond acceptors (Lipinski definition) is 3. The molecule has 0 saturated carbocycles. The second kappa shape index (κ2) is 5.23. The SMILES string of the molecule is CN1CCC(CN)(N2CCc3ccccc3CC2)C1. The molecule has 0 spiro atoms. The van der Waals surface area contributed by atoms with Crippen LogP contribution in [0.4, 0.5) is 0 Å². The molecule has 3 heteroatoms. The van der Waals surface area contributed by atoms with E-state index in [-0.39, 0.29) is 5.54 Å². The van der Waals surface area contributed by atoms with E-state index in [1.165, 1.54) is 36.9 Å². The molecule has 1 fully saturated rings. The summed E-state index contributed by atoms with van der Waals surface area (Å²) >= 11 is 0. The van der Waals surface area contributed by atoms with Gasteiger partial charge >= 0.3 is 0 Å². The van der Waals surface area contributed by atoms with Crippen LogP contribution in [-0.4, -0.2) is 55.1 Å². The molecule has 3 rings (SSSR count). The number of rotatable bonds is 2. The minimum Gasteiger partial charge on any atom is -0.329 e.